The van der Waals surface area contributed by atoms with E-state index in [0.29, 0.717) is 43.0 Å². The lowest BCUT2D eigenvalue weighted by molar-refractivity contribution is 0.115. The standard InChI is InChI=1S/C16H19ClN4O3/c1-2-23-16(22)21-8-7-11(10-21)18-9-14-19-15(20-24-14)12-5-3-4-6-13(12)17/h3-6,11,18H,2,7-10H2,1H3/t11-/m0/s1. The number of carbonyl (C=O) groups is 1. The maximum atomic E-state index is 11.7. The summed E-state index contributed by atoms with van der Waals surface area (Å²) < 4.78 is 10.3. The topological polar surface area (TPSA) is 80.5 Å². The number of amides is 1. The zero-order valence-corrected chi connectivity index (χ0v) is 14.1. The maximum absolute atomic E-state index is 11.7. The van der Waals surface area contributed by atoms with Gasteiger partial charge in [-0.1, -0.05) is 28.9 Å². The van der Waals surface area contributed by atoms with Gasteiger partial charge in [0.15, 0.2) is 0 Å². The van der Waals surface area contributed by atoms with Crippen LogP contribution in [-0.4, -0.2) is 46.9 Å². The first-order chi connectivity index (χ1) is 11.7. The van der Waals surface area contributed by atoms with Crippen LogP contribution in [0.1, 0.15) is 19.2 Å². The summed E-state index contributed by atoms with van der Waals surface area (Å²) in [6, 6.07) is 7.54. The lowest BCUT2D eigenvalue weighted by Gasteiger charge is -2.15. The van der Waals surface area contributed by atoms with Crippen molar-refractivity contribution in [3.63, 3.8) is 0 Å². The smallest absolute Gasteiger partial charge is 0.409 e. The van der Waals surface area contributed by atoms with Gasteiger partial charge in [0, 0.05) is 24.7 Å². The van der Waals surface area contributed by atoms with Crippen molar-refractivity contribution in [3.05, 3.63) is 35.2 Å². The average Bonchev–Trinajstić information content (AvgIpc) is 3.23. The molecule has 0 radical (unpaired) electrons. The van der Waals surface area contributed by atoms with Crippen molar-refractivity contribution in [2.45, 2.75) is 25.9 Å². The van der Waals surface area contributed by atoms with Crippen LogP contribution in [0.4, 0.5) is 4.79 Å². The van der Waals surface area contributed by atoms with Crippen molar-refractivity contribution in [1.29, 1.82) is 0 Å². The predicted octanol–water partition coefficient (Wildman–Crippen LogP) is 2.71. The molecular weight excluding hydrogens is 332 g/mol. The van der Waals surface area contributed by atoms with Gasteiger partial charge in [-0.3, -0.25) is 0 Å². The molecular formula is C16H19ClN4O3. The molecule has 7 nitrogen and oxygen atoms in total. The number of likely N-dealkylation sites (tertiary alicyclic amines) is 1. The highest BCUT2D eigenvalue weighted by atomic mass is 35.5. The fourth-order valence-corrected chi connectivity index (χ4v) is 2.84. The number of hydrogen-bond donors (Lipinski definition) is 1. The van der Waals surface area contributed by atoms with Crippen molar-refractivity contribution < 1.29 is 14.1 Å². The summed E-state index contributed by atoms with van der Waals surface area (Å²) in [6.07, 6.45) is 0.602. The second-order valence-corrected chi connectivity index (χ2v) is 5.91. The molecule has 1 aliphatic rings. The number of nitrogens with one attached hydrogen (secondary N) is 1. The van der Waals surface area contributed by atoms with Crippen molar-refractivity contribution in [1.82, 2.24) is 20.4 Å². The van der Waals surface area contributed by atoms with E-state index in [1.54, 1.807) is 17.9 Å². The summed E-state index contributed by atoms with van der Waals surface area (Å²) in [4.78, 5) is 17.7. The van der Waals surface area contributed by atoms with Gasteiger partial charge in [0.05, 0.1) is 18.2 Å². The Hall–Kier alpha value is -2.12. The number of carbonyl (C=O) groups excluding carboxylic acids is 1. The third kappa shape index (κ3) is 3.85. The number of hydrogen-bond acceptors (Lipinski definition) is 6. The van der Waals surface area contributed by atoms with E-state index in [1.807, 2.05) is 18.2 Å². The Kier molecular flexibility index (Phi) is 5.32. The van der Waals surface area contributed by atoms with Crippen molar-refractivity contribution >= 4 is 17.7 Å². The van der Waals surface area contributed by atoms with E-state index in [9.17, 15) is 4.79 Å². The summed E-state index contributed by atoms with van der Waals surface area (Å²) in [5.74, 6) is 0.955. The Morgan fingerprint density at radius 2 is 2.33 bits per heavy atom. The Balaban J connectivity index is 1.53. The molecule has 0 unspecified atom stereocenters. The Labute approximate surface area is 144 Å². The zero-order chi connectivity index (χ0) is 16.9. The SMILES string of the molecule is CCOC(=O)N1CC[C@H](NCc2nc(-c3ccccc3Cl)no2)C1. The van der Waals surface area contributed by atoms with Crippen LogP contribution < -0.4 is 5.32 Å². The molecule has 1 aromatic heterocycles. The molecule has 1 aliphatic heterocycles. The van der Waals surface area contributed by atoms with Gasteiger partial charge in [0.1, 0.15) is 0 Å². The summed E-state index contributed by atoms with van der Waals surface area (Å²) in [5.41, 5.74) is 0.739. The van der Waals surface area contributed by atoms with E-state index < -0.39 is 0 Å². The van der Waals surface area contributed by atoms with Crippen molar-refractivity contribution in [2.24, 2.45) is 0 Å². The number of ether oxygens (including phenoxy) is 1. The Bertz CT molecular complexity index is 706. The van der Waals surface area contributed by atoms with Crippen LogP contribution in [0.3, 0.4) is 0 Å². The van der Waals surface area contributed by atoms with Gasteiger partial charge >= 0.3 is 6.09 Å². The molecule has 3 rings (SSSR count). The van der Waals surface area contributed by atoms with E-state index in [0.717, 1.165) is 12.0 Å². The molecule has 1 N–H and O–H groups in total. The minimum atomic E-state index is -0.263. The van der Waals surface area contributed by atoms with Gasteiger partial charge < -0.3 is 19.5 Å². The molecule has 128 valence electrons. The maximum Gasteiger partial charge on any atom is 0.409 e. The van der Waals surface area contributed by atoms with Crippen LogP contribution >= 0.6 is 11.6 Å². The van der Waals surface area contributed by atoms with E-state index in [-0.39, 0.29) is 12.1 Å². The van der Waals surface area contributed by atoms with Crippen LogP contribution in [0, 0.1) is 0 Å². The molecule has 0 bridgehead atoms. The number of rotatable bonds is 5. The molecule has 1 fully saturated rings. The first kappa shape index (κ1) is 16.7. The molecule has 0 aliphatic carbocycles. The van der Waals surface area contributed by atoms with Crippen LogP contribution in [-0.2, 0) is 11.3 Å². The number of halogens is 1. The monoisotopic (exact) mass is 350 g/mol. The van der Waals surface area contributed by atoms with Crippen LogP contribution in [0.25, 0.3) is 11.4 Å². The van der Waals surface area contributed by atoms with E-state index in [1.165, 1.54) is 0 Å². The van der Waals surface area contributed by atoms with Crippen molar-refractivity contribution in [3.8, 4) is 11.4 Å². The molecule has 1 saturated heterocycles. The molecule has 8 heteroatoms. The molecule has 1 amide bonds. The molecule has 24 heavy (non-hydrogen) atoms. The highest BCUT2D eigenvalue weighted by Crippen LogP contribution is 2.24. The molecule has 1 atom stereocenters. The van der Waals surface area contributed by atoms with E-state index >= 15 is 0 Å². The fraction of sp³-hybridized carbons (Fsp3) is 0.438. The van der Waals surface area contributed by atoms with Crippen LogP contribution in [0.2, 0.25) is 5.02 Å². The summed E-state index contributed by atoms with van der Waals surface area (Å²) >= 11 is 6.13. The first-order valence-electron chi connectivity index (χ1n) is 7.90. The molecule has 2 aromatic rings. The normalized spacial score (nSPS) is 17.2. The number of nitrogens with zero attached hydrogens (tertiary/aromatic N) is 3. The van der Waals surface area contributed by atoms with Gasteiger partial charge in [-0.15, -0.1) is 0 Å². The zero-order valence-electron chi connectivity index (χ0n) is 13.4. The predicted molar refractivity (Wildman–Crippen MR) is 88.6 cm³/mol. The van der Waals surface area contributed by atoms with E-state index in [2.05, 4.69) is 15.5 Å². The lowest BCUT2D eigenvalue weighted by atomic mass is 10.2. The van der Waals surface area contributed by atoms with Gasteiger partial charge in [-0.05, 0) is 25.5 Å². The highest BCUT2D eigenvalue weighted by Gasteiger charge is 2.27. The second kappa shape index (κ2) is 7.63. The van der Waals surface area contributed by atoms with Crippen LogP contribution in [0.15, 0.2) is 28.8 Å². The second-order valence-electron chi connectivity index (χ2n) is 5.50. The average molecular weight is 351 g/mol. The first-order valence-corrected chi connectivity index (χ1v) is 8.27. The fourth-order valence-electron chi connectivity index (χ4n) is 2.62. The summed E-state index contributed by atoms with van der Waals surface area (Å²) in [5, 5.41) is 7.87. The molecule has 0 saturated carbocycles. The highest BCUT2D eigenvalue weighted by molar-refractivity contribution is 6.33. The molecule has 2 heterocycles. The molecule has 0 spiro atoms. The van der Waals surface area contributed by atoms with E-state index in [4.69, 9.17) is 20.9 Å². The Morgan fingerprint density at radius 1 is 1.50 bits per heavy atom. The number of aromatic nitrogens is 2. The van der Waals surface area contributed by atoms with Crippen LogP contribution in [0.5, 0.6) is 0 Å². The minimum absolute atomic E-state index is 0.185. The van der Waals surface area contributed by atoms with Crippen molar-refractivity contribution in [2.75, 3.05) is 19.7 Å². The largest absolute Gasteiger partial charge is 0.450 e. The summed E-state index contributed by atoms with van der Waals surface area (Å²) in [6.45, 7) is 3.93. The quantitative estimate of drug-likeness (QED) is 0.893. The number of benzene rings is 1. The Morgan fingerprint density at radius 3 is 3.12 bits per heavy atom. The minimum Gasteiger partial charge on any atom is -0.450 e. The van der Waals surface area contributed by atoms with Gasteiger partial charge in [0.2, 0.25) is 11.7 Å². The van der Waals surface area contributed by atoms with Gasteiger partial charge in [0.25, 0.3) is 0 Å². The third-order valence-electron chi connectivity index (χ3n) is 3.84. The van der Waals surface area contributed by atoms with Gasteiger partial charge in [-0.25, -0.2) is 4.79 Å². The third-order valence-corrected chi connectivity index (χ3v) is 4.17. The summed E-state index contributed by atoms with van der Waals surface area (Å²) in [7, 11) is 0. The lowest BCUT2D eigenvalue weighted by Crippen LogP contribution is -2.35. The molecule has 1 aromatic carbocycles. The van der Waals surface area contributed by atoms with Gasteiger partial charge in [-0.2, -0.15) is 4.98 Å².